The summed E-state index contributed by atoms with van der Waals surface area (Å²) in [6, 6.07) is 4.44. The van der Waals surface area contributed by atoms with Gasteiger partial charge in [-0.05, 0) is 34.7 Å². The van der Waals surface area contributed by atoms with Crippen LogP contribution in [0.3, 0.4) is 0 Å². The van der Waals surface area contributed by atoms with E-state index < -0.39 is 22.2 Å². The molecule has 6 nitrogen and oxygen atoms in total. The number of aliphatic hydroxyl groups excluding tert-OH is 1. The van der Waals surface area contributed by atoms with Crippen molar-refractivity contribution in [2.45, 2.75) is 6.29 Å². The van der Waals surface area contributed by atoms with Crippen LogP contribution in [0.2, 0.25) is 0 Å². The summed E-state index contributed by atoms with van der Waals surface area (Å²) in [4.78, 5) is 0. The van der Waals surface area contributed by atoms with Gasteiger partial charge < -0.3 is 14.9 Å². The molecule has 0 saturated carbocycles. The van der Waals surface area contributed by atoms with Gasteiger partial charge >= 0.3 is 0 Å². The van der Waals surface area contributed by atoms with Gasteiger partial charge in [-0.15, -0.1) is 0 Å². The van der Waals surface area contributed by atoms with Crippen molar-refractivity contribution in [3.8, 4) is 5.75 Å². The molecule has 17 heavy (non-hydrogen) atoms. The molecule has 0 fully saturated rings. The molecule has 1 atom stereocenters. The maximum atomic E-state index is 10.4. The van der Waals surface area contributed by atoms with Gasteiger partial charge in [-0.1, -0.05) is 6.07 Å². The van der Waals surface area contributed by atoms with Crippen molar-refractivity contribution in [1.29, 1.82) is 0 Å². The van der Waals surface area contributed by atoms with Crippen LogP contribution in [-0.4, -0.2) is 35.5 Å². The van der Waals surface area contributed by atoms with Gasteiger partial charge in [0.1, 0.15) is 5.75 Å². The summed E-state index contributed by atoms with van der Waals surface area (Å²) in [5.41, 5.74) is 0.304. The van der Waals surface area contributed by atoms with Crippen molar-refractivity contribution >= 4 is 32.7 Å². The molecular weight excluding hydrogens is 363 g/mol. The highest BCUT2D eigenvalue weighted by atomic mass is 127. The van der Waals surface area contributed by atoms with E-state index in [2.05, 4.69) is 0 Å². The molecule has 0 heterocycles. The van der Waals surface area contributed by atoms with Gasteiger partial charge in [-0.3, -0.25) is 4.55 Å². The van der Waals surface area contributed by atoms with Crippen LogP contribution in [0.5, 0.6) is 5.75 Å². The molecule has 0 aliphatic heterocycles. The lowest BCUT2D eigenvalue weighted by atomic mass is 10.2. The lowest BCUT2D eigenvalue weighted by Crippen LogP contribution is -2.13. The summed E-state index contributed by atoms with van der Waals surface area (Å²) in [6.45, 7) is -0.341. The van der Waals surface area contributed by atoms with Crippen molar-refractivity contribution in [3.05, 3.63) is 27.3 Å². The second-order valence-corrected chi connectivity index (χ2v) is 5.95. The summed E-state index contributed by atoms with van der Waals surface area (Å²) in [7, 11) is -4.10. The molecule has 3 N–H and O–H groups in total. The molecule has 0 aliphatic carbocycles. The van der Waals surface area contributed by atoms with Gasteiger partial charge in [-0.2, -0.15) is 8.42 Å². The quantitative estimate of drug-likeness (QED) is 0.402. The molecule has 1 aromatic rings. The maximum absolute atomic E-state index is 10.4. The summed E-state index contributed by atoms with van der Waals surface area (Å²) in [6.07, 6.45) is -1.35. The number of aromatic hydroxyl groups is 1. The Morgan fingerprint density at radius 2 is 2.06 bits per heavy atom. The van der Waals surface area contributed by atoms with Gasteiger partial charge in [-0.25, -0.2) is 0 Å². The highest BCUT2D eigenvalue weighted by Gasteiger charge is 2.12. The van der Waals surface area contributed by atoms with Gasteiger partial charge in [0.2, 0.25) is 0 Å². The third-order valence-electron chi connectivity index (χ3n) is 1.87. The highest BCUT2D eigenvalue weighted by molar-refractivity contribution is 14.1. The fraction of sp³-hybridized carbons (Fsp3) is 0.333. The molecule has 0 amide bonds. The SMILES string of the molecule is O=S(=O)(O)CCOC(O)c1ccc(I)c(O)c1. The van der Waals surface area contributed by atoms with Crippen LogP contribution in [0.15, 0.2) is 18.2 Å². The Morgan fingerprint density at radius 3 is 2.59 bits per heavy atom. The van der Waals surface area contributed by atoms with E-state index in [0.717, 1.165) is 0 Å². The van der Waals surface area contributed by atoms with E-state index in [1.165, 1.54) is 6.07 Å². The molecule has 0 bridgehead atoms. The zero-order valence-corrected chi connectivity index (χ0v) is 11.6. The van der Waals surface area contributed by atoms with Gasteiger partial charge in [0.05, 0.1) is 15.9 Å². The first kappa shape index (κ1) is 14.6. The van der Waals surface area contributed by atoms with Crippen molar-refractivity contribution in [1.82, 2.24) is 0 Å². The van der Waals surface area contributed by atoms with Crippen LogP contribution < -0.4 is 0 Å². The van der Waals surface area contributed by atoms with Crippen molar-refractivity contribution < 1.29 is 27.9 Å². The molecule has 0 spiro atoms. The Hall–Kier alpha value is -0.420. The van der Waals surface area contributed by atoms with E-state index in [0.29, 0.717) is 9.13 Å². The Bertz CT molecular complexity index is 486. The number of aliphatic hydroxyl groups is 1. The standard InChI is InChI=1S/C9H11IO6S/c10-7-2-1-6(5-8(7)11)9(12)16-3-4-17(13,14)15/h1-2,5,9,11-12H,3-4H2,(H,13,14,15). The molecule has 96 valence electrons. The van der Waals surface area contributed by atoms with E-state index in [-0.39, 0.29) is 12.4 Å². The fourth-order valence-electron chi connectivity index (χ4n) is 1.04. The second kappa shape index (κ2) is 5.96. The first-order valence-corrected chi connectivity index (χ1v) is 7.21. The lowest BCUT2D eigenvalue weighted by molar-refractivity contribution is -0.0974. The molecule has 0 aliphatic rings. The molecule has 1 unspecified atom stereocenters. The maximum Gasteiger partial charge on any atom is 0.267 e. The normalized spacial score (nSPS) is 13.6. The van der Waals surface area contributed by atoms with Gasteiger partial charge in [0.15, 0.2) is 6.29 Å². The first-order valence-electron chi connectivity index (χ1n) is 4.53. The molecule has 0 saturated heterocycles. The van der Waals surface area contributed by atoms with Crippen LogP contribution in [0.4, 0.5) is 0 Å². The van der Waals surface area contributed by atoms with Crippen LogP contribution in [0.1, 0.15) is 11.9 Å². The van der Waals surface area contributed by atoms with Crippen molar-refractivity contribution in [2.24, 2.45) is 0 Å². The number of phenols is 1. The molecule has 8 heteroatoms. The summed E-state index contributed by atoms with van der Waals surface area (Å²) >= 11 is 1.92. The van der Waals surface area contributed by atoms with E-state index in [1.54, 1.807) is 12.1 Å². The van der Waals surface area contributed by atoms with Crippen molar-refractivity contribution in [3.63, 3.8) is 0 Å². The molecule has 1 aromatic carbocycles. The number of hydrogen-bond acceptors (Lipinski definition) is 5. The summed E-state index contributed by atoms with van der Waals surface area (Å²) in [5.74, 6) is -0.596. The predicted molar refractivity (Wildman–Crippen MR) is 68.2 cm³/mol. The van der Waals surface area contributed by atoms with Crippen LogP contribution in [-0.2, 0) is 14.9 Å². The van der Waals surface area contributed by atoms with Crippen LogP contribution >= 0.6 is 22.6 Å². The first-order chi connectivity index (χ1) is 7.79. The Labute approximate surface area is 112 Å². The Balaban J connectivity index is 2.58. The zero-order chi connectivity index (χ0) is 13.1. The van der Waals surface area contributed by atoms with Gasteiger partial charge in [0.25, 0.3) is 10.1 Å². The molecule has 0 radical (unpaired) electrons. The van der Waals surface area contributed by atoms with Crippen molar-refractivity contribution in [2.75, 3.05) is 12.4 Å². The Kier molecular flexibility index (Phi) is 5.13. The largest absolute Gasteiger partial charge is 0.507 e. The summed E-state index contributed by atoms with van der Waals surface area (Å²) < 4.78 is 34.7. The Morgan fingerprint density at radius 1 is 1.41 bits per heavy atom. The molecular formula is C9H11IO6S. The second-order valence-electron chi connectivity index (χ2n) is 3.22. The predicted octanol–water partition coefficient (Wildman–Crippen LogP) is 0.892. The van der Waals surface area contributed by atoms with Gasteiger partial charge in [0, 0.05) is 5.56 Å². The zero-order valence-electron chi connectivity index (χ0n) is 8.58. The third-order valence-corrected chi connectivity index (χ3v) is 3.47. The van der Waals surface area contributed by atoms with Crippen LogP contribution in [0, 0.1) is 3.57 Å². The fourth-order valence-corrected chi connectivity index (χ4v) is 1.69. The average molecular weight is 374 g/mol. The minimum atomic E-state index is -4.10. The van der Waals surface area contributed by atoms with E-state index >= 15 is 0 Å². The average Bonchev–Trinajstić information content (AvgIpc) is 2.20. The van der Waals surface area contributed by atoms with E-state index in [4.69, 9.17) is 9.29 Å². The monoisotopic (exact) mass is 374 g/mol. The third kappa shape index (κ3) is 5.17. The number of ether oxygens (including phenoxy) is 1. The minimum absolute atomic E-state index is 0.000490. The van der Waals surface area contributed by atoms with Crippen LogP contribution in [0.25, 0.3) is 0 Å². The van der Waals surface area contributed by atoms with E-state index in [9.17, 15) is 18.6 Å². The smallest absolute Gasteiger partial charge is 0.267 e. The molecule has 0 aromatic heterocycles. The number of benzene rings is 1. The highest BCUT2D eigenvalue weighted by Crippen LogP contribution is 2.24. The number of hydrogen-bond donors (Lipinski definition) is 3. The number of halogens is 1. The topological polar surface area (TPSA) is 104 Å². The lowest BCUT2D eigenvalue weighted by Gasteiger charge is -2.12. The minimum Gasteiger partial charge on any atom is -0.507 e. The summed E-state index contributed by atoms with van der Waals surface area (Å²) in [5, 5.41) is 18.9. The molecule has 1 rings (SSSR count). The number of rotatable bonds is 5. The number of phenolic OH excluding ortho intramolecular Hbond substituents is 1. The van der Waals surface area contributed by atoms with E-state index in [1.807, 2.05) is 22.6 Å².